The summed E-state index contributed by atoms with van der Waals surface area (Å²) in [5.41, 5.74) is -0.236. The topological polar surface area (TPSA) is 52.6 Å². The Labute approximate surface area is 103 Å². The molecule has 0 aromatic carbocycles. The lowest BCUT2D eigenvalue weighted by atomic mass is 10.0. The predicted molar refractivity (Wildman–Crippen MR) is 59.0 cm³/mol. The van der Waals surface area contributed by atoms with Crippen molar-refractivity contribution in [3.8, 4) is 0 Å². The number of carbonyl (C=O) groups is 2. The van der Waals surface area contributed by atoms with E-state index in [-0.39, 0.29) is 12.2 Å². The van der Waals surface area contributed by atoms with E-state index in [9.17, 15) is 18.4 Å². The maximum absolute atomic E-state index is 13.5. The Morgan fingerprint density at radius 2 is 2.06 bits per heavy atom. The van der Waals surface area contributed by atoms with Gasteiger partial charge in [0.25, 0.3) is 0 Å². The molecule has 0 heterocycles. The lowest BCUT2D eigenvalue weighted by molar-refractivity contribution is -0.140. The van der Waals surface area contributed by atoms with Gasteiger partial charge in [0.1, 0.15) is 0 Å². The van der Waals surface area contributed by atoms with E-state index >= 15 is 0 Å². The van der Waals surface area contributed by atoms with Crippen LogP contribution >= 0.6 is 0 Å². The van der Waals surface area contributed by atoms with Crippen molar-refractivity contribution in [3.05, 3.63) is 23.5 Å². The number of allylic oxidation sites excluding steroid dienone is 2. The van der Waals surface area contributed by atoms with Gasteiger partial charge in [-0.2, -0.15) is 8.78 Å². The summed E-state index contributed by atoms with van der Waals surface area (Å²) in [7, 11) is 1.10. The number of esters is 1. The number of halogens is 2. The van der Waals surface area contributed by atoms with Gasteiger partial charge >= 0.3 is 11.9 Å². The number of hydrogen-bond donors (Lipinski definition) is 0. The first kappa shape index (κ1) is 14.3. The van der Waals surface area contributed by atoms with Gasteiger partial charge in [-0.1, -0.05) is 13.3 Å². The minimum absolute atomic E-state index is 0.0691. The number of rotatable bonds is 5. The molecule has 0 saturated carbocycles. The molecule has 1 aliphatic rings. The van der Waals surface area contributed by atoms with Gasteiger partial charge in [-0.05, 0) is 12.5 Å². The Bertz CT molecular complexity index is 410. The van der Waals surface area contributed by atoms with Crippen LogP contribution in [0.15, 0.2) is 23.5 Å². The smallest absolute Gasteiger partial charge is 0.365 e. The van der Waals surface area contributed by atoms with Crippen molar-refractivity contribution in [2.75, 3.05) is 13.7 Å². The standard InChI is InChI=1S/C12H14F2O4/c1-3-4-5-18-10-7-8(11(16)17-2)6-9(15)12(10,13)14/h6-7H,3-5H2,1-2H3. The molecule has 0 unspecified atom stereocenters. The van der Waals surface area contributed by atoms with Crippen LogP contribution in [-0.2, 0) is 19.1 Å². The fourth-order valence-corrected chi connectivity index (χ4v) is 1.32. The third-order valence-corrected chi connectivity index (χ3v) is 2.37. The van der Waals surface area contributed by atoms with Crippen LogP contribution in [0.25, 0.3) is 0 Å². The minimum Gasteiger partial charge on any atom is -0.491 e. The lowest BCUT2D eigenvalue weighted by Crippen LogP contribution is -2.34. The average Bonchev–Trinajstić information content (AvgIpc) is 2.33. The molecular weight excluding hydrogens is 246 g/mol. The van der Waals surface area contributed by atoms with E-state index in [4.69, 9.17) is 4.74 Å². The maximum atomic E-state index is 13.5. The van der Waals surface area contributed by atoms with Crippen molar-refractivity contribution in [2.45, 2.75) is 25.7 Å². The number of hydrogen-bond acceptors (Lipinski definition) is 4. The monoisotopic (exact) mass is 260 g/mol. The van der Waals surface area contributed by atoms with Crippen LogP contribution in [0.3, 0.4) is 0 Å². The van der Waals surface area contributed by atoms with E-state index in [0.717, 1.165) is 19.6 Å². The molecule has 0 bridgehead atoms. The molecule has 100 valence electrons. The molecule has 0 aliphatic heterocycles. The third kappa shape index (κ3) is 2.94. The third-order valence-electron chi connectivity index (χ3n) is 2.37. The molecule has 0 aromatic rings. The largest absolute Gasteiger partial charge is 0.491 e. The lowest BCUT2D eigenvalue weighted by Gasteiger charge is -2.21. The van der Waals surface area contributed by atoms with Crippen LogP contribution in [-0.4, -0.2) is 31.4 Å². The summed E-state index contributed by atoms with van der Waals surface area (Å²) in [4.78, 5) is 22.4. The summed E-state index contributed by atoms with van der Waals surface area (Å²) in [6.07, 6.45) is 2.77. The summed E-state index contributed by atoms with van der Waals surface area (Å²) >= 11 is 0. The van der Waals surface area contributed by atoms with Crippen molar-refractivity contribution in [1.29, 1.82) is 0 Å². The zero-order valence-electron chi connectivity index (χ0n) is 10.2. The summed E-state index contributed by atoms with van der Waals surface area (Å²) < 4.78 is 36.2. The average molecular weight is 260 g/mol. The molecule has 0 atom stereocenters. The second-order valence-electron chi connectivity index (χ2n) is 3.74. The van der Waals surface area contributed by atoms with Crippen LogP contribution in [0, 0.1) is 0 Å². The molecule has 0 aromatic heterocycles. The van der Waals surface area contributed by atoms with Crippen LogP contribution < -0.4 is 0 Å². The number of alkyl halides is 2. The summed E-state index contributed by atoms with van der Waals surface area (Å²) in [5, 5.41) is 0. The molecule has 0 saturated heterocycles. The highest BCUT2D eigenvalue weighted by Crippen LogP contribution is 2.32. The van der Waals surface area contributed by atoms with E-state index in [2.05, 4.69) is 4.74 Å². The Kier molecular flexibility index (Phi) is 4.58. The number of ether oxygens (including phenoxy) is 2. The highest BCUT2D eigenvalue weighted by atomic mass is 19.3. The van der Waals surface area contributed by atoms with Gasteiger partial charge in [0, 0.05) is 6.08 Å². The van der Waals surface area contributed by atoms with Crippen molar-refractivity contribution in [1.82, 2.24) is 0 Å². The van der Waals surface area contributed by atoms with E-state index in [1.807, 2.05) is 6.92 Å². The van der Waals surface area contributed by atoms with E-state index in [0.29, 0.717) is 12.5 Å². The second kappa shape index (κ2) is 5.75. The van der Waals surface area contributed by atoms with Crippen molar-refractivity contribution < 1.29 is 27.8 Å². The number of carbonyl (C=O) groups excluding carboxylic acids is 2. The van der Waals surface area contributed by atoms with Gasteiger partial charge in [-0.3, -0.25) is 4.79 Å². The molecule has 0 fully saturated rings. The van der Waals surface area contributed by atoms with Crippen molar-refractivity contribution in [2.24, 2.45) is 0 Å². The summed E-state index contributed by atoms with van der Waals surface area (Å²) in [6, 6.07) is 0. The minimum atomic E-state index is -3.72. The van der Waals surface area contributed by atoms with E-state index in [1.165, 1.54) is 0 Å². The molecule has 0 radical (unpaired) electrons. The van der Waals surface area contributed by atoms with Crippen LogP contribution in [0.1, 0.15) is 19.8 Å². The SMILES string of the molecule is CCCCOC1=CC(C(=O)OC)=CC(=O)C1(F)F. The van der Waals surface area contributed by atoms with Gasteiger partial charge in [-0.15, -0.1) is 0 Å². The van der Waals surface area contributed by atoms with Crippen molar-refractivity contribution in [3.63, 3.8) is 0 Å². The first-order valence-corrected chi connectivity index (χ1v) is 5.50. The van der Waals surface area contributed by atoms with Crippen LogP contribution in [0.4, 0.5) is 8.78 Å². The highest BCUT2D eigenvalue weighted by Gasteiger charge is 2.46. The first-order valence-electron chi connectivity index (χ1n) is 5.50. The van der Waals surface area contributed by atoms with Gasteiger partial charge in [0.15, 0.2) is 5.76 Å². The number of methoxy groups -OCH3 is 1. The second-order valence-corrected chi connectivity index (χ2v) is 3.74. The molecule has 6 heteroatoms. The van der Waals surface area contributed by atoms with Gasteiger partial charge in [0.2, 0.25) is 5.78 Å². The molecule has 0 N–H and O–H groups in total. The molecule has 1 aliphatic carbocycles. The van der Waals surface area contributed by atoms with Crippen LogP contribution in [0.5, 0.6) is 0 Å². The fraction of sp³-hybridized carbons (Fsp3) is 0.500. The zero-order chi connectivity index (χ0) is 13.8. The Hall–Kier alpha value is -1.72. The quantitative estimate of drug-likeness (QED) is 0.560. The number of ketones is 1. The van der Waals surface area contributed by atoms with Gasteiger partial charge < -0.3 is 9.47 Å². The Balaban J connectivity index is 2.94. The van der Waals surface area contributed by atoms with Gasteiger partial charge in [-0.25, -0.2) is 4.79 Å². The highest BCUT2D eigenvalue weighted by molar-refractivity contribution is 6.07. The van der Waals surface area contributed by atoms with E-state index in [1.54, 1.807) is 0 Å². The predicted octanol–water partition coefficient (Wildman–Crippen LogP) is 2.00. The fourth-order valence-electron chi connectivity index (χ4n) is 1.32. The Morgan fingerprint density at radius 3 is 2.61 bits per heavy atom. The molecule has 18 heavy (non-hydrogen) atoms. The number of unbranched alkanes of at least 4 members (excludes halogenated alkanes) is 1. The van der Waals surface area contributed by atoms with Gasteiger partial charge in [0.05, 0.1) is 19.3 Å². The van der Waals surface area contributed by atoms with Crippen LogP contribution in [0.2, 0.25) is 0 Å². The van der Waals surface area contributed by atoms with E-state index < -0.39 is 23.4 Å². The first-order chi connectivity index (χ1) is 8.43. The van der Waals surface area contributed by atoms with Crippen molar-refractivity contribution >= 4 is 11.8 Å². The normalized spacial score (nSPS) is 17.9. The molecule has 4 nitrogen and oxygen atoms in total. The summed E-state index contributed by atoms with van der Waals surface area (Å²) in [6.45, 7) is 1.95. The molecular formula is C12H14F2O4. The summed E-state index contributed by atoms with van der Waals surface area (Å²) in [5.74, 6) is -6.85. The zero-order valence-corrected chi connectivity index (χ0v) is 10.2. The molecule has 0 amide bonds. The molecule has 0 spiro atoms. The molecule has 1 rings (SSSR count). The maximum Gasteiger partial charge on any atom is 0.365 e. The Morgan fingerprint density at radius 1 is 1.39 bits per heavy atom.